The maximum atomic E-state index is 10.2. The van der Waals surface area contributed by atoms with Crippen LogP contribution in [0.1, 0.15) is 57.1 Å². The summed E-state index contributed by atoms with van der Waals surface area (Å²) in [6, 6.07) is 14.7. The summed E-state index contributed by atoms with van der Waals surface area (Å²) < 4.78 is 8.01. The minimum absolute atomic E-state index is 0.159. The number of hydrogen-bond acceptors (Lipinski definition) is 8. The van der Waals surface area contributed by atoms with Gasteiger partial charge in [-0.25, -0.2) is 4.98 Å². The Bertz CT molecular complexity index is 1370. The first-order valence-electron chi connectivity index (χ1n) is 14.0. The first-order valence-corrected chi connectivity index (χ1v) is 14.0. The molecule has 0 radical (unpaired) electrons. The van der Waals surface area contributed by atoms with Crippen LogP contribution in [0, 0.1) is 0 Å². The van der Waals surface area contributed by atoms with Crippen LogP contribution in [0.15, 0.2) is 42.5 Å². The number of anilines is 2. The molecule has 0 saturated heterocycles. The van der Waals surface area contributed by atoms with Crippen molar-refractivity contribution in [2.75, 3.05) is 31.3 Å². The van der Waals surface area contributed by atoms with E-state index in [1.54, 1.807) is 14.0 Å². The van der Waals surface area contributed by atoms with Gasteiger partial charge in [0.2, 0.25) is 5.95 Å². The molecule has 1 aliphatic rings. The van der Waals surface area contributed by atoms with Gasteiger partial charge in [0.1, 0.15) is 16.8 Å². The van der Waals surface area contributed by atoms with E-state index in [4.69, 9.17) is 15.6 Å². The second kappa shape index (κ2) is 13.6. The Balaban J connectivity index is 0.00000112. The van der Waals surface area contributed by atoms with Gasteiger partial charge in [-0.1, -0.05) is 37.6 Å². The number of nitrogens with one attached hydrogen (secondary N) is 2. The molecule has 4 aromatic rings. The number of nitrogens with two attached hydrogens (primary N) is 1. The van der Waals surface area contributed by atoms with Crippen molar-refractivity contribution in [2.45, 2.75) is 71.2 Å². The van der Waals surface area contributed by atoms with Gasteiger partial charge < -0.3 is 35.9 Å². The Morgan fingerprint density at radius 2 is 1.92 bits per heavy atom. The minimum Gasteiger partial charge on any atom is -0.496 e. The molecule has 6 N–H and O–H groups in total. The molecule has 9 heteroatoms. The lowest BCUT2D eigenvalue weighted by Crippen LogP contribution is -2.35. The molecule has 0 spiro atoms. The van der Waals surface area contributed by atoms with E-state index in [-0.39, 0.29) is 24.7 Å². The summed E-state index contributed by atoms with van der Waals surface area (Å²) >= 11 is 0. The van der Waals surface area contributed by atoms with E-state index >= 15 is 0 Å². The van der Waals surface area contributed by atoms with Crippen LogP contribution in [0.25, 0.3) is 21.9 Å². The number of aromatic nitrogens is 3. The molecule has 39 heavy (non-hydrogen) atoms. The summed E-state index contributed by atoms with van der Waals surface area (Å²) in [4.78, 5) is 9.22. The van der Waals surface area contributed by atoms with Crippen molar-refractivity contribution in [1.82, 2.24) is 19.9 Å². The van der Waals surface area contributed by atoms with Crippen molar-refractivity contribution in [3.63, 3.8) is 0 Å². The van der Waals surface area contributed by atoms with Crippen LogP contribution in [-0.4, -0.2) is 57.2 Å². The molecule has 0 aliphatic heterocycles. The molecule has 2 aromatic heterocycles. The Kier molecular flexibility index (Phi) is 9.97. The van der Waals surface area contributed by atoms with E-state index < -0.39 is 0 Å². The molecular formula is C30H42N6O3. The van der Waals surface area contributed by atoms with E-state index in [1.165, 1.54) is 0 Å². The Hall–Kier alpha value is -3.40. The van der Waals surface area contributed by atoms with E-state index in [0.717, 1.165) is 83.3 Å². The molecule has 1 aliphatic carbocycles. The molecule has 2 unspecified atom stereocenters. The van der Waals surface area contributed by atoms with Crippen LogP contribution in [0.5, 0.6) is 5.75 Å². The van der Waals surface area contributed by atoms with E-state index in [9.17, 15) is 5.11 Å². The third kappa shape index (κ3) is 6.61. The number of ether oxygens (including phenoxy) is 1. The number of aliphatic hydroxyl groups excluding tert-OH is 2. The van der Waals surface area contributed by atoms with Crippen LogP contribution in [0.2, 0.25) is 0 Å². The van der Waals surface area contributed by atoms with Gasteiger partial charge in [-0.3, -0.25) is 0 Å². The number of hydrogen-bond donors (Lipinski definition) is 5. The normalized spacial score (nSPS) is 16.8. The average molecular weight is 535 g/mol. The smallest absolute Gasteiger partial charge is 0.222 e. The van der Waals surface area contributed by atoms with Crippen molar-refractivity contribution >= 4 is 33.7 Å². The largest absolute Gasteiger partial charge is 0.496 e. The molecule has 0 bridgehead atoms. The van der Waals surface area contributed by atoms with Gasteiger partial charge in [-0.2, -0.15) is 4.98 Å². The standard InChI is InChI=1S/C28H36N6O2.C2H6O/c1-3-4-14-30-27-26-25(32-28(29)33-27)20-8-5-6-10-22(20)34(26)17-19-15-18(12-13-24(19)36-2)16-31-21-9-7-11-23(21)35;1-2-3/h5-6,8,10,12-13,15,21,23,31,35H,3-4,7,9,11,14,16-17H2,1-2H3,(H3,29,30,32,33);3H,2H2,1H3. The number of nitrogen functional groups attached to an aromatic ring is 1. The number of unbranched alkanes of at least 4 members (excludes halogenated alkanes) is 1. The highest BCUT2D eigenvalue weighted by molar-refractivity contribution is 6.09. The van der Waals surface area contributed by atoms with Crippen LogP contribution in [0.4, 0.5) is 11.8 Å². The molecule has 0 amide bonds. The van der Waals surface area contributed by atoms with Crippen LogP contribution < -0.4 is 21.1 Å². The van der Waals surface area contributed by atoms with Crippen LogP contribution in [0.3, 0.4) is 0 Å². The maximum absolute atomic E-state index is 10.2. The maximum Gasteiger partial charge on any atom is 0.222 e. The van der Waals surface area contributed by atoms with Crippen molar-refractivity contribution < 1.29 is 14.9 Å². The summed E-state index contributed by atoms with van der Waals surface area (Å²) in [5.74, 6) is 1.86. The topological polar surface area (TPSA) is 130 Å². The predicted octanol–water partition coefficient (Wildman–Crippen LogP) is 4.44. The summed E-state index contributed by atoms with van der Waals surface area (Å²) in [6.07, 6.45) is 4.84. The number of aliphatic hydroxyl groups is 2. The first kappa shape index (κ1) is 28.6. The quantitative estimate of drug-likeness (QED) is 0.189. The van der Waals surface area contributed by atoms with E-state index in [0.29, 0.717) is 13.1 Å². The van der Waals surface area contributed by atoms with Gasteiger partial charge in [0.25, 0.3) is 0 Å². The molecule has 2 heterocycles. The van der Waals surface area contributed by atoms with Crippen LogP contribution >= 0.6 is 0 Å². The zero-order valence-corrected chi connectivity index (χ0v) is 23.3. The van der Waals surface area contributed by atoms with Crippen molar-refractivity contribution in [1.29, 1.82) is 0 Å². The van der Waals surface area contributed by atoms with Crippen molar-refractivity contribution in [3.05, 3.63) is 53.6 Å². The molecular weight excluding hydrogens is 492 g/mol. The third-order valence-electron chi connectivity index (χ3n) is 7.17. The second-order valence-corrected chi connectivity index (χ2v) is 9.96. The lowest BCUT2D eigenvalue weighted by atomic mass is 10.1. The van der Waals surface area contributed by atoms with E-state index in [1.807, 2.05) is 18.2 Å². The number of methoxy groups -OCH3 is 1. The Morgan fingerprint density at radius 3 is 2.64 bits per heavy atom. The van der Waals surface area contributed by atoms with Gasteiger partial charge in [0.15, 0.2) is 5.82 Å². The number of benzene rings is 2. The number of nitrogens with zero attached hydrogens (tertiary/aromatic N) is 3. The third-order valence-corrected chi connectivity index (χ3v) is 7.17. The number of fused-ring (bicyclic) bond motifs is 3. The number of para-hydroxylation sites is 1. The highest BCUT2D eigenvalue weighted by atomic mass is 16.5. The predicted molar refractivity (Wildman–Crippen MR) is 158 cm³/mol. The molecule has 2 atom stereocenters. The van der Waals surface area contributed by atoms with Crippen LogP contribution in [-0.2, 0) is 13.1 Å². The van der Waals surface area contributed by atoms with Gasteiger partial charge in [0, 0.05) is 36.7 Å². The van der Waals surface area contributed by atoms with E-state index in [2.05, 4.69) is 56.4 Å². The summed E-state index contributed by atoms with van der Waals surface area (Å²) in [5, 5.41) is 25.8. The van der Waals surface area contributed by atoms with Gasteiger partial charge in [0.05, 0.1) is 25.3 Å². The Labute approximate surface area is 230 Å². The fourth-order valence-electron chi connectivity index (χ4n) is 5.28. The fraction of sp³-hybridized carbons (Fsp3) is 0.467. The van der Waals surface area contributed by atoms with Gasteiger partial charge in [-0.15, -0.1) is 0 Å². The zero-order valence-electron chi connectivity index (χ0n) is 23.3. The second-order valence-electron chi connectivity index (χ2n) is 9.96. The zero-order chi connectivity index (χ0) is 27.8. The van der Waals surface area contributed by atoms with Crippen molar-refractivity contribution in [2.24, 2.45) is 0 Å². The molecule has 2 aromatic carbocycles. The molecule has 5 rings (SSSR count). The highest BCUT2D eigenvalue weighted by Crippen LogP contribution is 2.34. The lowest BCUT2D eigenvalue weighted by Gasteiger charge is -2.18. The fourth-order valence-corrected chi connectivity index (χ4v) is 5.28. The minimum atomic E-state index is -0.258. The molecule has 9 nitrogen and oxygen atoms in total. The number of rotatable bonds is 10. The molecule has 1 saturated carbocycles. The van der Waals surface area contributed by atoms with Crippen molar-refractivity contribution in [3.8, 4) is 5.75 Å². The van der Waals surface area contributed by atoms with Gasteiger partial charge >= 0.3 is 0 Å². The summed E-state index contributed by atoms with van der Waals surface area (Å²) in [5.41, 5.74) is 11.2. The SMILES string of the molecule is CCCCNc1nc(N)nc2c3ccccc3n(Cc3cc(CNC4CCCC4O)ccc3OC)c12.CCO. The summed E-state index contributed by atoms with van der Waals surface area (Å²) in [6.45, 7) is 6.23. The lowest BCUT2D eigenvalue weighted by molar-refractivity contribution is 0.148. The monoisotopic (exact) mass is 534 g/mol. The highest BCUT2D eigenvalue weighted by Gasteiger charge is 2.24. The first-order chi connectivity index (χ1) is 19.0. The average Bonchev–Trinajstić information content (AvgIpc) is 3.49. The molecule has 210 valence electrons. The van der Waals surface area contributed by atoms with Gasteiger partial charge in [-0.05, 0) is 56.4 Å². The molecule has 1 fully saturated rings. The summed E-state index contributed by atoms with van der Waals surface area (Å²) in [7, 11) is 1.71. The Morgan fingerprint density at radius 1 is 1.13 bits per heavy atom.